The Bertz CT molecular complexity index is 741. The third-order valence-corrected chi connectivity index (χ3v) is 3.58. The lowest BCUT2D eigenvalue weighted by Crippen LogP contribution is -2.01. The second kappa shape index (κ2) is 4.86. The second-order valence-electron chi connectivity index (χ2n) is 3.93. The number of imidazole rings is 1. The summed E-state index contributed by atoms with van der Waals surface area (Å²) in [5, 5.41) is 0.309. The van der Waals surface area contributed by atoms with E-state index in [0.717, 1.165) is 5.56 Å². The van der Waals surface area contributed by atoms with Crippen molar-refractivity contribution in [3.63, 3.8) is 0 Å². The smallest absolute Gasteiger partial charge is 0.179 e. The molecule has 7 heteroatoms. The highest BCUT2D eigenvalue weighted by Crippen LogP contribution is 2.23. The second-order valence-corrected chi connectivity index (χ2v) is 5.00. The molecule has 4 nitrogen and oxygen atoms in total. The number of rotatable bonds is 2. The lowest BCUT2D eigenvalue weighted by Gasteiger charge is -2.05. The minimum atomic E-state index is -0.260. The van der Waals surface area contributed by atoms with Gasteiger partial charge in [-0.2, -0.15) is 0 Å². The van der Waals surface area contributed by atoms with Crippen LogP contribution in [0.15, 0.2) is 35.3 Å². The Kier molecular flexibility index (Phi) is 3.20. The van der Waals surface area contributed by atoms with Crippen molar-refractivity contribution in [2.75, 3.05) is 0 Å². The zero-order valence-electron chi connectivity index (χ0n) is 9.52. The van der Waals surface area contributed by atoms with Gasteiger partial charge in [-0.1, -0.05) is 23.7 Å². The molecule has 0 atom stereocenters. The zero-order chi connectivity index (χ0) is 13.4. The lowest BCUT2D eigenvalue weighted by molar-refractivity contribution is 0.626. The molecule has 2 aromatic heterocycles. The Hall–Kier alpha value is -1.53. The molecule has 0 fully saturated rings. The Morgan fingerprint density at radius 1 is 1.21 bits per heavy atom. The lowest BCUT2D eigenvalue weighted by atomic mass is 10.2. The first kappa shape index (κ1) is 12.5. The van der Waals surface area contributed by atoms with Gasteiger partial charge in [-0.15, -0.1) is 0 Å². The van der Waals surface area contributed by atoms with Crippen molar-refractivity contribution in [3.05, 3.63) is 51.9 Å². The van der Waals surface area contributed by atoms with Gasteiger partial charge in [0.15, 0.2) is 15.5 Å². The predicted octanol–water partition coefficient (Wildman–Crippen LogP) is 3.43. The van der Waals surface area contributed by atoms with E-state index in [1.54, 1.807) is 12.1 Å². The molecular weight excluding hydrogens is 335 g/mol. The molecule has 0 amide bonds. The van der Waals surface area contributed by atoms with Crippen LogP contribution in [0.25, 0.3) is 11.2 Å². The predicted molar refractivity (Wildman–Crippen MR) is 73.5 cm³/mol. The van der Waals surface area contributed by atoms with Crippen LogP contribution in [0.1, 0.15) is 5.56 Å². The highest BCUT2D eigenvalue weighted by molar-refractivity contribution is 9.10. The van der Waals surface area contributed by atoms with E-state index >= 15 is 0 Å². The Morgan fingerprint density at radius 2 is 1.95 bits per heavy atom. The maximum atomic E-state index is 12.9. The van der Waals surface area contributed by atoms with Crippen molar-refractivity contribution in [3.8, 4) is 0 Å². The molecule has 0 aliphatic carbocycles. The Labute approximate surface area is 121 Å². The van der Waals surface area contributed by atoms with E-state index in [4.69, 9.17) is 11.6 Å². The number of benzene rings is 1. The molecule has 1 aromatic carbocycles. The van der Waals surface area contributed by atoms with Crippen molar-refractivity contribution in [2.45, 2.75) is 6.54 Å². The molecule has 2 heterocycles. The van der Waals surface area contributed by atoms with Crippen LogP contribution in [-0.4, -0.2) is 19.5 Å². The van der Waals surface area contributed by atoms with Crippen LogP contribution in [0.2, 0.25) is 5.15 Å². The molecule has 0 spiro atoms. The van der Waals surface area contributed by atoms with E-state index in [1.165, 1.54) is 18.5 Å². The first-order chi connectivity index (χ1) is 9.15. The molecule has 0 N–H and O–H groups in total. The van der Waals surface area contributed by atoms with Crippen molar-refractivity contribution in [2.24, 2.45) is 0 Å². The summed E-state index contributed by atoms with van der Waals surface area (Å²) >= 11 is 9.34. The van der Waals surface area contributed by atoms with E-state index < -0.39 is 0 Å². The average Bonchev–Trinajstić information content (AvgIpc) is 2.71. The van der Waals surface area contributed by atoms with E-state index in [0.29, 0.717) is 27.6 Å². The quantitative estimate of drug-likeness (QED) is 0.530. The molecule has 19 heavy (non-hydrogen) atoms. The Morgan fingerprint density at radius 3 is 2.68 bits per heavy atom. The number of fused-ring (bicyclic) bond motifs is 1. The maximum Gasteiger partial charge on any atom is 0.179 e. The van der Waals surface area contributed by atoms with Crippen LogP contribution in [0.4, 0.5) is 4.39 Å². The number of nitrogens with zero attached hydrogens (tertiary/aromatic N) is 4. The summed E-state index contributed by atoms with van der Waals surface area (Å²) in [5.74, 6) is -0.260. The first-order valence-electron chi connectivity index (χ1n) is 5.42. The molecule has 3 aromatic rings. The van der Waals surface area contributed by atoms with Crippen molar-refractivity contribution in [1.82, 2.24) is 19.5 Å². The first-order valence-corrected chi connectivity index (χ1v) is 6.59. The van der Waals surface area contributed by atoms with Crippen LogP contribution < -0.4 is 0 Å². The molecule has 0 saturated carbocycles. The number of aromatic nitrogens is 4. The molecule has 0 aliphatic heterocycles. The van der Waals surface area contributed by atoms with Crippen LogP contribution in [0.3, 0.4) is 0 Å². The summed E-state index contributed by atoms with van der Waals surface area (Å²) in [6.45, 7) is 0.519. The van der Waals surface area contributed by atoms with Gasteiger partial charge in [-0.05, 0) is 33.6 Å². The van der Waals surface area contributed by atoms with Gasteiger partial charge in [-0.25, -0.2) is 19.3 Å². The fraction of sp³-hybridized carbons (Fsp3) is 0.0833. The van der Waals surface area contributed by atoms with Gasteiger partial charge in [0, 0.05) is 0 Å². The van der Waals surface area contributed by atoms with E-state index in [9.17, 15) is 4.39 Å². The summed E-state index contributed by atoms with van der Waals surface area (Å²) in [4.78, 5) is 12.3. The monoisotopic (exact) mass is 340 g/mol. The Balaban J connectivity index is 2.07. The molecule has 0 saturated heterocycles. The summed E-state index contributed by atoms with van der Waals surface area (Å²) in [7, 11) is 0. The fourth-order valence-electron chi connectivity index (χ4n) is 1.79. The molecule has 3 rings (SSSR count). The van der Waals surface area contributed by atoms with E-state index in [-0.39, 0.29) is 5.82 Å². The molecule has 0 aliphatic rings. The van der Waals surface area contributed by atoms with Gasteiger partial charge in [0.2, 0.25) is 0 Å². The van der Waals surface area contributed by atoms with Gasteiger partial charge in [0.05, 0.1) is 6.54 Å². The minimum Gasteiger partial charge on any atom is -0.299 e. The number of hydrogen-bond donors (Lipinski definition) is 0. The summed E-state index contributed by atoms with van der Waals surface area (Å²) < 4.78 is 15.3. The summed E-state index contributed by atoms with van der Waals surface area (Å²) in [6.07, 6.45) is 1.39. The van der Waals surface area contributed by atoms with Gasteiger partial charge in [-0.3, -0.25) is 4.57 Å². The molecule has 0 unspecified atom stereocenters. The van der Waals surface area contributed by atoms with Gasteiger partial charge >= 0.3 is 0 Å². The minimum absolute atomic E-state index is 0.260. The number of halogens is 3. The normalized spacial score (nSPS) is 11.1. The van der Waals surface area contributed by atoms with Crippen molar-refractivity contribution in [1.29, 1.82) is 0 Å². The van der Waals surface area contributed by atoms with Crippen LogP contribution in [-0.2, 0) is 6.54 Å². The van der Waals surface area contributed by atoms with E-state index in [1.807, 2.05) is 4.57 Å². The van der Waals surface area contributed by atoms with Crippen molar-refractivity contribution >= 4 is 38.7 Å². The largest absolute Gasteiger partial charge is 0.299 e. The molecular formula is C12H7BrClFN4. The molecule has 96 valence electrons. The zero-order valence-corrected chi connectivity index (χ0v) is 11.9. The standard InChI is InChI=1S/C12H7BrClFN4/c13-12-18-9-10(14)16-6-17-11(9)19(12)5-7-1-3-8(15)4-2-7/h1-4,6H,5H2. The van der Waals surface area contributed by atoms with Crippen LogP contribution in [0.5, 0.6) is 0 Å². The fourth-order valence-corrected chi connectivity index (χ4v) is 2.44. The van der Waals surface area contributed by atoms with E-state index in [2.05, 4.69) is 30.9 Å². The molecule has 0 bridgehead atoms. The third-order valence-electron chi connectivity index (χ3n) is 2.69. The average molecular weight is 342 g/mol. The van der Waals surface area contributed by atoms with Crippen LogP contribution in [0, 0.1) is 5.82 Å². The van der Waals surface area contributed by atoms with Crippen molar-refractivity contribution < 1.29 is 4.39 Å². The highest BCUT2D eigenvalue weighted by Gasteiger charge is 2.13. The highest BCUT2D eigenvalue weighted by atomic mass is 79.9. The van der Waals surface area contributed by atoms with Gasteiger partial charge in [0.25, 0.3) is 0 Å². The van der Waals surface area contributed by atoms with Gasteiger partial charge < -0.3 is 0 Å². The molecule has 0 radical (unpaired) electrons. The summed E-state index contributed by atoms with van der Waals surface area (Å²) in [6, 6.07) is 6.28. The van der Waals surface area contributed by atoms with Gasteiger partial charge in [0.1, 0.15) is 17.7 Å². The topological polar surface area (TPSA) is 43.6 Å². The summed E-state index contributed by atoms with van der Waals surface area (Å²) in [5.41, 5.74) is 2.12. The third kappa shape index (κ3) is 2.33. The number of hydrogen-bond acceptors (Lipinski definition) is 3. The van der Waals surface area contributed by atoms with Crippen LogP contribution >= 0.6 is 27.5 Å². The SMILES string of the molecule is Fc1ccc(Cn2c(Br)nc3c(Cl)ncnc32)cc1. The maximum absolute atomic E-state index is 12.9.